The van der Waals surface area contributed by atoms with E-state index in [1.807, 2.05) is 30.3 Å². The second-order valence-electron chi connectivity index (χ2n) is 4.34. The second kappa shape index (κ2) is 5.22. The van der Waals surface area contributed by atoms with E-state index in [4.69, 9.17) is 58.4 Å². The maximum absolute atomic E-state index is 8.85. The van der Waals surface area contributed by atoms with E-state index in [1.165, 1.54) is 10.8 Å². The van der Waals surface area contributed by atoms with Crippen LogP contribution in [-0.4, -0.2) is 9.14 Å². The molecule has 0 atom stereocenters. The fourth-order valence-electron chi connectivity index (χ4n) is 2.01. The zero-order valence-corrected chi connectivity index (χ0v) is 17.2. The van der Waals surface area contributed by atoms with E-state index < -0.39 is 9.14 Å². The first kappa shape index (κ1) is 17.8. The summed E-state index contributed by atoms with van der Waals surface area (Å²) >= 11 is 0. The molecule has 1 aliphatic rings. The van der Waals surface area contributed by atoms with Crippen LogP contribution in [0.3, 0.4) is 0 Å². The van der Waals surface area contributed by atoms with Gasteiger partial charge >= 0.3 is 67.8 Å². The van der Waals surface area contributed by atoms with Gasteiger partial charge in [-0.05, 0) is 17.0 Å². The predicted molar refractivity (Wildman–Crippen MR) is 97.8 cm³/mol. The van der Waals surface area contributed by atoms with Crippen LogP contribution in [0, 0.1) is 5.39 Å². The molecule has 112 valence electrons. The minimum atomic E-state index is -5.42. The summed E-state index contributed by atoms with van der Waals surface area (Å²) in [6.07, 6.45) is 1.90. The number of benzene rings is 2. The zero-order chi connectivity index (χ0) is 16.0. The van der Waals surface area contributed by atoms with Crippen LogP contribution in [0.15, 0.2) is 36.4 Å². The fourth-order valence-corrected chi connectivity index (χ4v) is 2.01. The third kappa shape index (κ3) is 5.85. The first-order valence-electron chi connectivity index (χ1n) is 5.50. The van der Waals surface area contributed by atoms with Crippen LogP contribution in [0.25, 0.3) is 27.5 Å². The minimum absolute atomic E-state index is 0.650. The normalized spacial score (nSPS) is 16.1. The molecule has 0 amide bonds. The van der Waals surface area contributed by atoms with Crippen molar-refractivity contribution in [2.75, 3.05) is 0 Å². The van der Waals surface area contributed by atoms with Crippen molar-refractivity contribution in [1.82, 2.24) is 0 Å². The Morgan fingerprint density at radius 1 is 0.857 bits per heavy atom. The molecule has 0 aromatic heterocycles. The standard InChI is InChI=1S/C12H7N2.6ClH.Sb/c13-14-11-7-9-5-1-3-8-4-2-6-10(11)12(8)9;;;;;;;/h1-7H;6*1H;/q+1;;;;;;;+5/p-6. The first-order chi connectivity index (χ1) is 9.35. The molecule has 0 saturated heterocycles. The Balaban J connectivity index is 0.000000199. The van der Waals surface area contributed by atoms with Crippen molar-refractivity contribution in [3.63, 3.8) is 0 Å². The Kier molecular flexibility index (Phi) is 4.41. The molecular weight excluding hydrogens is 507 g/mol. The van der Waals surface area contributed by atoms with Crippen LogP contribution < -0.4 is 0 Å². The van der Waals surface area contributed by atoms with Gasteiger partial charge < -0.3 is 0 Å². The Hall–Kier alpha value is 0.418. The summed E-state index contributed by atoms with van der Waals surface area (Å²) in [7, 11) is 25.0. The van der Waals surface area contributed by atoms with Gasteiger partial charge in [0, 0.05) is 11.5 Å². The van der Waals surface area contributed by atoms with Gasteiger partial charge in [0.25, 0.3) is 0 Å². The third-order valence-electron chi connectivity index (χ3n) is 2.61. The van der Waals surface area contributed by atoms with E-state index in [0.717, 1.165) is 11.1 Å². The molecule has 0 radical (unpaired) electrons. The number of rotatable bonds is 0. The van der Waals surface area contributed by atoms with Gasteiger partial charge in [-0.3, -0.25) is 0 Å². The number of nitrogens with zero attached hydrogens (tertiary/aromatic N) is 2. The van der Waals surface area contributed by atoms with Gasteiger partial charge in [-0.15, -0.1) is 0 Å². The van der Waals surface area contributed by atoms with Gasteiger partial charge in [0.2, 0.25) is 5.39 Å². The quantitative estimate of drug-likeness (QED) is 0.269. The molecule has 0 bridgehead atoms. The Bertz CT molecular complexity index is 785. The summed E-state index contributed by atoms with van der Waals surface area (Å²) in [5.74, 6) is 0. The van der Waals surface area contributed by atoms with Gasteiger partial charge in [0.05, 0.1) is 5.56 Å². The molecular formula is C12H7Cl6N2Sb. The molecule has 2 aromatic rings. The van der Waals surface area contributed by atoms with E-state index in [1.54, 1.807) is 0 Å². The molecule has 0 spiro atoms. The van der Waals surface area contributed by atoms with E-state index in [9.17, 15) is 0 Å². The summed E-state index contributed by atoms with van der Waals surface area (Å²) in [6.45, 7) is 0. The summed E-state index contributed by atoms with van der Waals surface area (Å²) in [4.78, 5) is 3.29. The summed E-state index contributed by atoms with van der Waals surface area (Å²) < 4.78 is 0. The van der Waals surface area contributed by atoms with Crippen molar-refractivity contribution < 1.29 is 0 Å². The van der Waals surface area contributed by atoms with Gasteiger partial charge in [0.15, 0.2) is 4.98 Å². The SMILES string of the molecule is N#[N+]C1=Cc2cccc3cccc1c23.[Cl][Sb-]([Cl])([Cl])([Cl])([Cl])[Cl]. The molecule has 0 fully saturated rings. The molecule has 3 rings (SSSR count). The molecule has 0 N–H and O–H groups in total. The van der Waals surface area contributed by atoms with Crippen molar-refractivity contribution >= 4 is 84.7 Å². The molecule has 9 heteroatoms. The number of hydrogen-bond donors (Lipinski definition) is 0. The van der Waals surface area contributed by atoms with Crippen LogP contribution >= 0.6 is 53.0 Å². The average Bonchev–Trinajstić information content (AvgIpc) is 2.66. The topological polar surface area (TPSA) is 28.1 Å². The molecule has 0 saturated carbocycles. The molecule has 1 aliphatic carbocycles. The van der Waals surface area contributed by atoms with Gasteiger partial charge in [0.1, 0.15) is 0 Å². The van der Waals surface area contributed by atoms with Crippen molar-refractivity contribution in [1.29, 1.82) is 5.39 Å². The van der Waals surface area contributed by atoms with Gasteiger partial charge in [-0.25, -0.2) is 0 Å². The Labute approximate surface area is 141 Å². The van der Waals surface area contributed by atoms with Crippen molar-refractivity contribution in [3.8, 4) is 0 Å². The van der Waals surface area contributed by atoms with E-state index in [2.05, 4.69) is 17.1 Å². The van der Waals surface area contributed by atoms with Crippen molar-refractivity contribution in [3.05, 3.63) is 52.5 Å². The van der Waals surface area contributed by atoms with Crippen LogP contribution in [0.4, 0.5) is 0 Å². The summed E-state index contributed by atoms with van der Waals surface area (Å²) in [6, 6.07) is 12.1. The Morgan fingerprint density at radius 2 is 1.38 bits per heavy atom. The van der Waals surface area contributed by atoms with Crippen LogP contribution in [0.2, 0.25) is 0 Å². The molecule has 2 nitrogen and oxygen atoms in total. The van der Waals surface area contributed by atoms with Gasteiger partial charge in [-0.2, -0.15) is 0 Å². The molecule has 21 heavy (non-hydrogen) atoms. The Morgan fingerprint density at radius 3 is 1.90 bits per heavy atom. The molecule has 0 aliphatic heterocycles. The molecule has 0 heterocycles. The number of hydrogen-bond acceptors (Lipinski definition) is 1. The predicted octanol–water partition coefficient (Wildman–Crippen LogP) is 7.26. The van der Waals surface area contributed by atoms with E-state index in [-0.39, 0.29) is 0 Å². The third-order valence-corrected chi connectivity index (χ3v) is 2.61. The zero-order valence-electron chi connectivity index (χ0n) is 10.2. The van der Waals surface area contributed by atoms with Crippen LogP contribution in [0.5, 0.6) is 0 Å². The second-order valence-corrected chi connectivity index (χ2v) is 61.2. The van der Waals surface area contributed by atoms with Crippen LogP contribution in [-0.2, 0) is 0 Å². The monoisotopic (exact) mass is 510 g/mol. The number of halogens is 6. The molecule has 0 unspecified atom stereocenters. The van der Waals surface area contributed by atoms with E-state index >= 15 is 0 Å². The average molecular weight is 514 g/mol. The fraction of sp³-hybridized carbons (Fsp3) is 0. The number of diazo groups is 1. The first-order valence-corrected chi connectivity index (χ1v) is 24.9. The van der Waals surface area contributed by atoms with E-state index in [0.29, 0.717) is 5.70 Å². The molecule has 2 aromatic carbocycles. The van der Waals surface area contributed by atoms with Crippen LogP contribution in [0.1, 0.15) is 11.1 Å². The summed E-state index contributed by atoms with van der Waals surface area (Å²) in [5.41, 5.74) is 2.79. The maximum atomic E-state index is 8.85. The van der Waals surface area contributed by atoms with Gasteiger partial charge in [-0.1, -0.05) is 30.3 Å². The van der Waals surface area contributed by atoms with Crippen molar-refractivity contribution in [2.24, 2.45) is 0 Å². The summed E-state index contributed by atoms with van der Waals surface area (Å²) in [5, 5.41) is 11.2. The van der Waals surface area contributed by atoms with Crippen molar-refractivity contribution in [2.45, 2.75) is 0 Å².